The molecule has 21 heavy (non-hydrogen) atoms. The van der Waals surface area contributed by atoms with Crippen molar-refractivity contribution < 1.29 is 18.0 Å². The van der Waals surface area contributed by atoms with E-state index in [1.165, 1.54) is 0 Å². The fraction of sp³-hybridized carbons (Fsp3) is 0.154. The first-order valence-electron chi connectivity index (χ1n) is 5.83. The lowest BCUT2D eigenvalue weighted by atomic mass is 10.3. The summed E-state index contributed by atoms with van der Waals surface area (Å²) in [5.41, 5.74) is 0.337. The van der Waals surface area contributed by atoms with Crippen molar-refractivity contribution in [2.75, 3.05) is 11.1 Å². The van der Waals surface area contributed by atoms with E-state index < -0.39 is 29.0 Å². The molecule has 1 aromatic heterocycles. The SMILES string of the molecule is Cc1ccnc(SCC(=O)Nc2ccc(F)c(F)c2F)n1. The van der Waals surface area contributed by atoms with Crippen LogP contribution in [0.5, 0.6) is 0 Å². The molecule has 0 saturated carbocycles. The van der Waals surface area contributed by atoms with E-state index in [9.17, 15) is 18.0 Å². The van der Waals surface area contributed by atoms with Crippen LogP contribution in [0.15, 0.2) is 29.6 Å². The topological polar surface area (TPSA) is 54.9 Å². The molecular weight excluding hydrogens is 303 g/mol. The summed E-state index contributed by atoms with van der Waals surface area (Å²) in [5, 5.41) is 2.57. The number of thioether (sulfide) groups is 1. The molecule has 0 radical (unpaired) electrons. The minimum absolute atomic E-state index is 0.0815. The largest absolute Gasteiger partial charge is 0.323 e. The molecule has 0 atom stereocenters. The number of halogens is 3. The Bertz CT molecular complexity index is 682. The van der Waals surface area contributed by atoms with Crippen molar-refractivity contribution in [3.63, 3.8) is 0 Å². The zero-order valence-corrected chi connectivity index (χ0v) is 11.7. The average molecular weight is 313 g/mol. The van der Waals surface area contributed by atoms with Crippen molar-refractivity contribution in [1.29, 1.82) is 0 Å². The number of carbonyl (C=O) groups excluding carboxylic acids is 1. The minimum Gasteiger partial charge on any atom is -0.323 e. The van der Waals surface area contributed by atoms with E-state index >= 15 is 0 Å². The predicted molar refractivity (Wildman–Crippen MR) is 72.4 cm³/mol. The maximum absolute atomic E-state index is 13.4. The van der Waals surface area contributed by atoms with Gasteiger partial charge in [0.15, 0.2) is 22.6 Å². The molecule has 1 amide bonds. The van der Waals surface area contributed by atoms with Crippen LogP contribution in [0.2, 0.25) is 0 Å². The third-order valence-corrected chi connectivity index (χ3v) is 3.28. The van der Waals surface area contributed by atoms with Crippen LogP contribution in [0.4, 0.5) is 18.9 Å². The molecule has 0 fully saturated rings. The molecule has 4 nitrogen and oxygen atoms in total. The fourth-order valence-corrected chi connectivity index (χ4v) is 2.11. The van der Waals surface area contributed by atoms with E-state index in [-0.39, 0.29) is 5.75 Å². The van der Waals surface area contributed by atoms with Crippen LogP contribution in [-0.4, -0.2) is 21.6 Å². The molecule has 0 unspecified atom stereocenters. The molecule has 0 spiro atoms. The molecule has 0 aliphatic carbocycles. The van der Waals surface area contributed by atoms with E-state index in [1.807, 2.05) is 0 Å². The molecule has 0 aliphatic rings. The molecule has 1 heterocycles. The van der Waals surface area contributed by atoms with E-state index in [0.717, 1.165) is 29.6 Å². The lowest BCUT2D eigenvalue weighted by Gasteiger charge is -2.07. The van der Waals surface area contributed by atoms with Gasteiger partial charge in [0.25, 0.3) is 0 Å². The summed E-state index contributed by atoms with van der Waals surface area (Å²) in [6, 6.07) is 3.41. The van der Waals surface area contributed by atoms with Crippen molar-refractivity contribution in [2.24, 2.45) is 0 Å². The lowest BCUT2D eigenvalue weighted by molar-refractivity contribution is -0.113. The van der Waals surface area contributed by atoms with Crippen LogP contribution in [0, 0.1) is 24.4 Å². The maximum Gasteiger partial charge on any atom is 0.234 e. The Hall–Kier alpha value is -2.09. The third kappa shape index (κ3) is 3.94. The summed E-state index contributed by atoms with van der Waals surface area (Å²) in [6.45, 7) is 1.78. The second kappa shape index (κ2) is 6.57. The van der Waals surface area contributed by atoms with E-state index in [4.69, 9.17) is 0 Å². The Labute approximate surface area is 122 Å². The first-order valence-corrected chi connectivity index (χ1v) is 6.81. The van der Waals surface area contributed by atoms with Crippen molar-refractivity contribution in [3.8, 4) is 0 Å². The van der Waals surface area contributed by atoms with Gasteiger partial charge in [-0.15, -0.1) is 0 Å². The smallest absolute Gasteiger partial charge is 0.234 e. The summed E-state index contributed by atoms with van der Waals surface area (Å²) in [5.74, 6) is -5.02. The lowest BCUT2D eigenvalue weighted by Crippen LogP contribution is -2.16. The molecule has 0 bridgehead atoms. The highest BCUT2D eigenvalue weighted by Gasteiger charge is 2.15. The summed E-state index contributed by atoms with van der Waals surface area (Å²) < 4.78 is 39.1. The monoisotopic (exact) mass is 313 g/mol. The number of hydrogen-bond acceptors (Lipinski definition) is 4. The molecule has 8 heteroatoms. The van der Waals surface area contributed by atoms with Gasteiger partial charge >= 0.3 is 0 Å². The number of amides is 1. The van der Waals surface area contributed by atoms with Gasteiger partial charge in [0.2, 0.25) is 5.91 Å². The van der Waals surface area contributed by atoms with E-state index in [2.05, 4.69) is 15.3 Å². The summed E-state index contributed by atoms with van der Waals surface area (Å²) >= 11 is 1.05. The molecular formula is C13H10F3N3OS. The second-order valence-corrected chi connectivity index (χ2v) is 4.98. The number of nitrogens with one attached hydrogen (secondary N) is 1. The number of anilines is 1. The van der Waals surface area contributed by atoms with E-state index in [0.29, 0.717) is 5.16 Å². The van der Waals surface area contributed by atoms with Gasteiger partial charge < -0.3 is 5.32 Å². The molecule has 0 saturated heterocycles. The standard InChI is InChI=1S/C13H10F3N3OS/c1-7-4-5-17-13(18-7)21-6-10(20)19-9-3-2-8(14)11(15)12(9)16/h2-5H,6H2,1H3,(H,19,20). The Kier molecular flexibility index (Phi) is 4.79. The van der Waals surface area contributed by atoms with Crippen molar-refractivity contribution >= 4 is 23.4 Å². The molecule has 1 aromatic carbocycles. The van der Waals surface area contributed by atoms with Gasteiger partial charge in [-0.1, -0.05) is 11.8 Å². The Morgan fingerprint density at radius 3 is 2.71 bits per heavy atom. The highest BCUT2D eigenvalue weighted by atomic mass is 32.2. The molecule has 110 valence electrons. The first kappa shape index (κ1) is 15.3. The van der Waals surface area contributed by atoms with Crippen molar-refractivity contribution in [2.45, 2.75) is 12.1 Å². The third-order valence-electron chi connectivity index (χ3n) is 2.41. The average Bonchev–Trinajstić information content (AvgIpc) is 2.46. The number of benzene rings is 1. The summed E-state index contributed by atoms with van der Waals surface area (Å²) in [6.07, 6.45) is 1.55. The van der Waals surface area contributed by atoms with Gasteiger partial charge in [-0.2, -0.15) is 0 Å². The minimum atomic E-state index is -1.62. The van der Waals surface area contributed by atoms with Crippen molar-refractivity contribution in [3.05, 3.63) is 47.5 Å². The second-order valence-electron chi connectivity index (χ2n) is 4.04. The van der Waals surface area contributed by atoms with Crippen molar-refractivity contribution in [1.82, 2.24) is 9.97 Å². The highest BCUT2D eigenvalue weighted by Crippen LogP contribution is 2.20. The van der Waals surface area contributed by atoms with Crippen LogP contribution < -0.4 is 5.32 Å². The van der Waals surface area contributed by atoms with Gasteiger partial charge in [-0.05, 0) is 25.1 Å². The van der Waals surface area contributed by atoms with Crippen LogP contribution in [0.25, 0.3) is 0 Å². The molecule has 2 rings (SSSR count). The number of carbonyl (C=O) groups is 1. The summed E-state index contributed by atoms with van der Waals surface area (Å²) in [7, 11) is 0. The number of aromatic nitrogens is 2. The summed E-state index contributed by atoms with van der Waals surface area (Å²) in [4.78, 5) is 19.7. The Balaban J connectivity index is 1.98. The Morgan fingerprint density at radius 1 is 1.24 bits per heavy atom. The van der Waals surface area contributed by atoms with Gasteiger partial charge in [0, 0.05) is 11.9 Å². The van der Waals surface area contributed by atoms with Crippen LogP contribution in [0.1, 0.15) is 5.69 Å². The van der Waals surface area contributed by atoms with Gasteiger partial charge in [-0.3, -0.25) is 4.79 Å². The maximum atomic E-state index is 13.4. The molecule has 0 aliphatic heterocycles. The number of nitrogens with zero attached hydrogens (tertiary/aromatic N) is 2. The number of rotatable bonds is 4. The molecule has 1 N–H and O–H groups in total. The fourth-order valence-electron chi connectivity index (χ4n) is 1.43. The zero-order chi connectivity index (χ0) is 15.4. The van der Waals surface area contributed by atoms with Crippen LogP contribution in [0.3, 0.4) is 0 Å². The Morgan fingerprint density at radius 2 is 2.00 bits per heavy atom. The quantitative estimate of drug-likeness (QED) is 0.536. The highest BCUT2D eigenvalue weighted by molar-refractivity contribution is 7.99. The van der Waals surface area contributed by atoms with Crippen LogP contribution >= 0.6 is 11.8 Å². The van der Waals surface area contributed by atoms with Gasteiger partial charge in [-0.25, -0.2) is 23.1 Å². The normalized spacial score (nSPS) is 10.5. The zero-order valence-electron chi connectivity index (χ0n) is 10.9. The van der Waals surface area contributed by atoms with Gasteiger partial charge in [0.05, 0.1) is 11.4 Å². The predicted octanol–water partition coefficient (Wildman–Crippen LogP) is 2.93. The number of hydrogen-bond donors (Lipinski definition) is 1. The van der Waals surface area contributed by atoms with E-state index in [1.54, 1.807) is 19.2 Å². The first-order chi connectivity index (χ1) is 9.97. The number of aryl methyl sites for hydroxylation is 1. The van der Waals surface area contributed by atoms with Gasteiger partial charge in [0.1, 0.15) is 0 Å². The van der Waals surface area contributed by atoms with Crippen LogP contribution in [-0.2, 0) is 4.79 Å². The molecule has 2 aromatic rings.